The molecule has 1 aromatic rings. The van der Waals surface area contributed by atoms with Gasteiger partial charge >= 0.3 is 5.97 Å². The fraction of sp³-hybridized carbons (Fsp3) is 0.154. The number of rotatable bonds is 4. The molecule has 102 valence electrons. The van der Waals surface area contributed by atoms with E-state index < -0.39 is 16.1 Å². The van der Waals surface area contributed by atoms with Crippen molar-refractivity contribution in [3.63, 3.8) is 0 Å². The molecule has 1 aromatic carbocycles. The number of carbonyl (C=O) groups is 1. The highest BCUT2D eigenvalue weighted by Crippen LogP contribution is 2.15. The van der Waals surface area contributed by atoms with Crippen LogP contribution in [0.3, 0.4) is 0 Å². The number of methoxy groups -OCH3 is 1. The first-order valence-corrected chi connectivity index (χ1v) is 6.79. The molecule has 1 N–H and O–H groups in total. The highest BCUT2D eigenvalue weighted by Gasteiger charge is 2.14. The van der Waals surface area contributed by atoms with Crippen LogP contribution in [0.1, 0.15) is 12.5 Å². The molecular formula is C13H14O5S. The van der Waals surface area contributed by atoms with Crippen LogP contribution in [0.15, 0.2) is 46.9 Å². The monoisotopic (exact) mass is 282 g/mol. The van der Waals surface area contributed by atoms with Crippen molar-refractivity contribution in [1.29, 1.82) is 0 Å². The minimum atomic E-state index is -4.42. The molecule has 0 aliphatic rings. The molecule has 0 atom stereocenters. The second kappa shape index (κ2) is 6.31. The van der Waals surface area contributed by atoms with E-state index in [0.29, 0.717) is 5.56 Å². The van der Waals surface area contributed by atoms with Crippen molar-refractivity contribution >= 4 is 22.2 Å². The predicted molar refractivity (Wildman–Crippen MR) is 71.7 cm³/mol. The van der Waals surface area contributed by atoms with Gasteiger partial charge in [-0.3, -0.25) is 4.55 Å². The van der Waals surface area contributed by atoms with Crippen LogP contribution in [0.4, 0.5) is 0 Å². The van der Waals surface area contributed by atoms with Crippen LogP contribution >= 0.6 is 0 Å². The van der Waals surface area contributed by atoms with Crippen LogP contribution in [0.2, 0.25) is 0 Å². The van der Waals surface area contributed by atoms with Gasteiger partial charge < -0.3 is 4.74 Å². The number of allylic oxidation sites excluding steroid dienone is 1. The van der Waals surface area contributed by atoms with Gasteiger partial charge in [0.05, 0.1) is 12.0 Å². The third kappa shape index (κ3) is 4.69. The molecule has 0 amide bonds. The highest BCUT2D eigenvalue weighted by atomic mass is 32.2. The Bertz CT molecular complexity index is 612. The van der Waals surface area contributed by atoms with Crippen molar-refractivity contribution in [2.75, 3.05) is 7.11 Å². The van der Waals surface area contributed by atoms with Crippen LogP contribution in [0.25, 0.3) is 6.08 Å². The van der Waals surface area contributed by atoms with Gasteiger partial charge in [0.2, 0.25) is 0 Å². The van der Waals surface area contributed by atoms with E-state index in [1.54, 1.807) is 30.3 Å². The van der Waals surface area contributed by atoms with Crippen molar-refractivity contribution in [2.24, 2.45) is 0 Å². The molecular weight excluding hydrogens is 268 g/mol. The second-order valence-corrected chi connectivity index (χ2v) is 5.17. The van der Waals surface area contributed by atoms with Crippen LogP contribution in [-0.2, 0) is 19.6 Å². The van der Waals surface area contributed by atoms with Gasteiger partial charge in [-0.15, -0.1) is 0 Å². The van der Waals surface area contributed by atoms with Gasteiger partial charge in [0, 0.05) is 5.57 Å². The number of hydrogen-bond donors (Lipinski definition) is 1. The second-order valence-electron chi connectivity index (χ2n) is 3.75. The average molecular weight is 282 g/mol. The van der Waals surface area contributed by atoms with Crippen LogP contribution in [0, 0.1) is 0 Å². The van der Waals surface area contributed by atoms with E-state index in [4.69, 9.17) is 4.55 Å². The quantitative estimate of drug-likeness (QED) is 0.395. The Morgan fingerprint density at radius 1 is 1.26 bits per heavy atom. The minimum absolute atomic E-state index is 0.0716. The maximum absolute atomic E-state index is 11.3. The van der Waals surface area contributed by atoms with Crippen molar-refractivity contribution in [3.8, 4) is 0 Å². The lowest BCUT2D eigenvalue weighted by atomic mass is 10.2. The van der Waals surface area contributed by atoms with Crippen LogP contribution < -0.4 is 0 Å². The fourth-order valence-electron chi connectivity index (χ4n) is 1.34. The van der Waals surface area contributed by atoms with Crippen LogP contribution in [0.5, 0.6) is 0 Å². The Labute approximate surface area is 112 Å². The van der Waals surface area contributed by atoms with Crippen LogP contribution in [-0.4, -0.2) is 26.0 Å². The third-order valence-electron chi connectivity index (χ3n) is 2.27. The van der Waals surface area contributed by atoms with Gasteiger partial charge in [-0.25, -0.2) is 4.79 Å². The first-order chi connectivity index (χ1) is 8.84. The Morgan fingerprint density at radius 2 is 1.84 bits per heavy atom. The maximum atomic E-state index is 11.3. The molecule has 0 fully saturated rings. The smallest absolute Gasteiger partial charge is 0.333 e. The molecule has 6 heteroatoms. The van der Waals surface area contributed by atoms with Crippen molar-refractivity contribution in [1.82, 2.24) is 0 Å². The minimum Gasteiger partial charge on any atom is -0.466 e. The van der Waals surface area contributed by atoms with Gasteiger partial charge in [-0.2, -0.15) is 8.42 Å². The topological polar surface area (TPSA) is 80.7 Å². The Hall–Kier alpha value is -1.92. The van der Waals surface area contributed by atoms with E-state index in [0.717, 1.165) is 6.08 Å². The summed E-state index contributed by atoms with van der Waals surface area (Å²) in [5.41, 5.74) is 0.659. The lowest BCUT2D eigenvalue weighted by Gasteiger charge is -2.02. The van der Waals surface area contributed by atoms with Crippen molar-refractivity contribution in [2.45, 2.75) is 6.92 Å². The molecule has 0 aliphatic heterocycles. The molecule has 0 aromatic heterocycles. The molecule has 0 saturated carbocycles. The van der Waals surface area contributed by atoms with E-state index in [9.17, 15) is 13.2 Å². The van der Waals surface area contributed by atoms with Gasteiger partial charge in [-0.05, 0) is 24.6 Å². The number of hydrogen-bond acceptors (Lipinski definition) is 4. The predicted octanol–water partition coefficient (Wildman–Crippen LogP) is 2.03. The van der Waals surface area contributed by atoms with Gasteiger partial charge in [0.15, 0.2) is 0 Å². The summed E-state index contributed by atoms with van der Waals surface area (Å²) in [6, 6.07) is 8.58. The third-order valence-corrected chi connectivity index (χ3v) is 3.10. The number of ether oxygens (including phenoxy) is 1. The number of carbonyl (C=O) groups excluding carboxylic acids is 1. The Kier molecular flexibility index (Phi) is 5.02. The molecule has 0 saturated heterocycles. The highest BCUT2D eigenvalue weighted by molar-refractivity contribution is 7.90. The zero-order valence-corrected chi connectivity index (χ0v) is 11.3. The SMILES string of the molecule is COC(=O)C(C)=CC(=Cc1ccccc1)S(=O)(=O)O. The summed E-state index contributed by atoms with van der Waals surface area (Å²) in [6.45, 7) is 1.40. The Morgan fingerprint density at radius 3 is 2.32 bits per heavy atom. The standard InChI is InChI=1S/C13H14O5S/c1-10(13(14)18-2)8-12(19(15,16)17)9-11-6-4-3-5-7-11/h3-9H,1-2H3,(H,15,16,17). The van der Waals surface area contributed by atoms with E-state index in [1.807, 2.05) is 0 Å². The van der Waals surface area contributed by atoms with E-state index in [2.05, 4.69) is 4.74 Å². The summed E-state index contributed by atoms with van der Waals surface area (Å²) in [4.78, 5) is 10.9. The molecule has 0 aliphatic carbocycles. The lowest BCUT2D eigenvalue weighted by molar-refractivity contribution is -0.136. The summed E-state index contributed by atoms with van der Waals surface area (Å²) >= 11 is 0. The summed E-state index contributed by atoms with van der Waals surface area (Å²) in [6.07, 6.45) is 2.33. The molecule has 0 radical (unpaired) electrons. The zero-order chi connectivity index (χ0) is 14.5. The van der Waals surface area contributed by atoms with Gasteiger partial charge in [0.1, 0.15) is 0 Å². The van der Waals surface area contributed by atoms with Gasteiger partial charge in [0.25, 0.3) is 10.1 Å². The molecule has 0 bridgehead atoms. The van der Waals surface area contributed by atoms with Crippen molar-refractivity contribution in [3.05, 3.63) is 52.4 Å². The van der Waals surface area contributed by atoms with E-state index in [1.165, 1.54) is 20.1 Å². The Balaban J connectivity index is 3.26. The summed E-state index contributed by atoms with van der Waals surface area (Å²) in [5, 5.41) is 0. The molecule has 0 heterocycles. The summed E-state index contributed by atoms with van der Waals surface area (Å²) < 4.78 is 36.2. The summed E-state index contributed by atoms with van der Waals surface area (Å²) in [5.74, 6) is -0.664. The zero-order valence-electron chi connectivity index (χ0n) is 10.5. The molecule has 0 spiro atoms. The lowest BCUT2D eigenvalue weighted by Crippen LogP contribution is -2.05. The number of esters is 1. The largest absolute Gasteiger partial charge is 0.466 e. The molecule has 5 nitrogen and oxygen atoms in total. The van der Waals surface area contributed by atoms with Crippen molar-refractivity contribution < 1.29 is 22.5 Å². The average Bonchev–Trinajstić information content (AvgIpc) is 2.37. The van der Waals surface area contributed by atoms with E-state index >= 15 is 0 Å². The molecule has 1 rings (SSSR count). The first-order valence-electron chi connectivity index (χ1n) is 5.35. The number of benzene rings is 1. The molecule has 19 heavy (non-hydrogen) atoms. The van der Waals surface area contributed by atoms with E-state index in [-0.39, 0.29) is 10.5 Å². The normalized spacial score (nSPS) is 13.2. The fourth-order valence-corrected chi connectivity index (χ4v) is 1.95. The maximum Gasteiger partial charge on any atom is 0.333 e. The first kappa shape index (κ1) is 15.1. The van der Waals surface area contributed by atoms with Gasteiger partial charge in [-0.1, -0.05) is 30.3 Å². The summed E-state index contributed by atoms with van der Waals surface area (Å²) in [7, 11) is -3.23. The molecule has 0 unspecified atom stereocenters.